The second kappa shape index (κ2) is 9.02. The summed E-state index contributed by atoms with van der Waals surface area (Å²) in [6.45, 7) is 2.15. The van der Waals surface area contributed by atoms with Crippen molar-refractivity contribution in [1.29, 1.82) is 0 Å². The van der Waals surface area contributed by atoms with E-state index in [1.807, 2.05) is 44.1 Å². The highest BCUT2D eigenvalue weighted by atomic mass is 16.5. The van der Waals surface area contributed by atoms with Gasteiger partial charge in [-0.05, 0) is 24.6 Å². The Hall–Kier alpha value is -2.24. The number of anilines is 2. The van der Waals surface area contributed by atoms with Crippen LogP contribution < -0.4 is 9.80 Å². The number of esters is 1. The minimum Gasteiger partial charge on any atom is -0.461 e. The number of ether oxygens (including phenoxy) is 2. The minimum absolute atomic E-state index is 0.126. The summed E-state index contributed by atoms with van der Waals surface area (Å²) in [6, 6.07) is 5.63. The fourth-order valence-corrected chi connectivity index (χ4v) is 2.08. The number of hydrogen-bond donors (Lipinski definition) is 0. The fraction of sp³-hybridized carbons (Fsp3) is 0.529. The Kier molecular flexibility index (Phi) is 7.38. The van der Waals surface area contributed by atoms with Crippen LogP contribution in [0.1, 0.15) is 31.7 Å². The van der Waals surface area contributed by atoms with E-state index in [2.05, 4.69) is 0 Å². The zero-order valence-electron chi connectivity index (χ0n) is 14.6. The molecule has 128 valence electrons. The van der Waals surface area contributed by atoms with Crippen LogP contribution in [0.5, 0.6) is 0 Å². The molecule has 0 saturated carbocycles. The molecule has 0 spiro atoms. The number of amides is 1. The molecule has 0 radical (unpaired) electrons. The first-order chi connectivity index (χ1) is 10.9. The number of methoxy groups -OCH3 is 1. The maximum absolute atomic E-state index is 11.7. The van der Waals surface area contributed by atoms with E-state index in [0.29, 0.717) is 12.1 Å². The molecule has 0 heterocycles. The highest BCUT2D eigenvalue weighted by Gasteiger charge is 2.17. The lowest BCUT2D eigenvalue weighted by Gasteiger charge is -2.22. The largest absolute Gasteiger partial charge is 0.461 e. The Labute approximate surface area is 138 Å². The van der Waals surface area contributed by atoms with Gasteiger partial charge in [-0.15, -0.1) is 0 Å². The van der Waals surface area contributed by atoms with Gasteiger partial charge >= 0.3 is 12.1 Å². The topological polar surface area (TPSA) is 59.1 Å². The molecule has 0 atom stereocenters. The lowest BCUT2D eigenvalue weighted by atomic mass is 10.1. The summed E-state index contributed by atoms with van der Waals surface area (Å²) in [5.41, 5.74) is 2.38. The summed E-state index contributed by atoms with van der Waals surface area (Å²) in [4.78, 5) is 26.8. The van der Waals surface area contributed by atoms with Crippen molar-refractivity contribution in [1.82, 2.24) is 0 Å². The van der Waals surface area contributed by atoms with E-state index in [1.165, 1.54) is 12.0 Å². The highest BCUT2D eigenvalue weighted by molar-refractivity contribution is 5.88. The summed E-state index contributed by atoms with van der Waals surface area (Å²) in [5.74, 6) is -0.228. The smallest absolute Gasteiger partial charge is 0.413 e. The van der Waals surface area contributed by atoms with Gasteiger partial charge in [-0.1, -0.05) is 13.3 Å². The molecule has 1 amide bonds. The maximum Gasteiger partial charge on any atom is 0.413 e. The molecule has 0 aromatic heterocycles. The van der Waals surface area contributed by atoms with Gasteiger partial charge in [-0.2, -0.15) is 0 Å². The van der Waals surface area contributed by atoms with Gasteiger partial charge in [0.25, 0.3) is 0 Å². The maximum atomic E-state index is 11.7. The molecule has 0 aliphatic rings. The SMILES string of the molecule is CCCCC(=O)OCc1cc(N(C)C)ccc1N(C)C(=O)OC. The molecule has 1 aromatic carbocycles. The number of hydrogen-bond acceptors (Lipinski definition) is 5. The van der Waals surface area contributed by atoms with Crippen LogP contribution in [0.25, 0.3) is 0 Å². The Bertz CT molecular complexity index is 543. The Morgan fingerprint density at radius 2 is 1.87 bits per heavy atom. The molecule has 0 N–H and O–H groups in total. The molecule has 0 unspecified atom stereocenters. The first-order valence-electron chi connectivity index (χ1n) is 7.68. The van der Waals surface area contributed by atoms with Crippen molar-refractivity contribution in [3.05, 3.63) is 23.8 Å². The van der Waals surface area contributed by atoms with E-state index in [4.69, 9.17) is 9.47 Å². The third kappa shape index (κ3) is 5.47. The Morgan fingerprint density at radius 3 is 2.43 bits per heavy atom. The molecule has 6 nitrogen and oxygen atoms in total. The molecule has 0 aliphatic carbocycles. The fourth-order valence-electron chi connectivity index (χ4n) is 2.08. The van der Waals surface area contributed by atoms with Gasteiger partial charge < -0.3 is 14.4 Å². The Balaban J connectivity index is 2.97. The molecule has 0 fully saturated rings. The van der Waals surface area contributed by atoms with E-state index >= 15 is 0 Å². The molecule has 23 heavy (non-hydrogen) atoms. The quantitative estimate of drug-likeness (QED) is 0.722. The van der Waals surface area contributed by atoms with Crippen molar-refractivity contribution in [2.45, 2.75) is 32.8 Å². The van der Waals surface area contributed by atoms with E-state index in [0.717, 1.165) is 24.1 Å². The second-order valence-corrected chi connectivity index (χ2v) is 5.50. The number of rotatable bonds is 7. The summed E-state index contributed by atoms with van der Waals surface area (Å²) in [6.07, 6.45) is 1.69. The van der Waals surface area contributed by atoms with Crippen LogP contribution in [-0.4, -0.2) is 40.3 Å². The molecule has 1 aromatic rings. The minimum atomic E-state index is -0.471. The number of carbonyl (C=O) groups excluding carboxylic acids is 2. The normalized spacial score (nSPS) is 10.1. The van der Waals surface area contributed by atoms with Crippen LogP contribution in [0, 0.1) is 0 Å². The van der Waals surface area contributed by atoms with Gasteiger partial charge in [0.2, 0.25) is 0 Å². The van der Waals surface area contributed by atoms with Crippen LogP contribution in [0.2, 0.25) is 0 Å². The summed E-state index contributed by atoms with van der Waals surface area (Å²) in [5, 5.41) is 0. The average molecular weight is 322 g/mol. The van der Waals surface area contributed by atoms with Crippen molar-refractivity contribution in [3.8, 4) is 0 Å². The van der Waals surface area contributed by atoms with Crippen LogP contribution in [-0.2, 0) is 20.9 Å². The van der Waals surface area contributed by atoms with Gasteiger partial charge in [0.15, 0.2) is 0 Å². The van der Waals surface area contributed by atoms with E-state index < -0.39 is 6.09 Å². The van der Waals surface area contributed by atoms with E-state index in [9.17, 15) is 9.59 Å². The van der Waals surface area contributed by atoms with Crippen molar-refractivity contribution in [3.63, 3.8) is 0 Å². The molecule has 0 saturated heterocycles. The zero-order valence-corrected chi connectivity index (χ0v) is 14.6. The first-order valence-corrected chi connectivity index (χ1v) is 7.68. The van der Waals surface area contributed by atoms with Crippen molar-refractivity contribution < 1.29 is 19.1 Å². The Morgan fingerprint density at radius 1 is 1.17 bits per heavy atom. The third-order valence-corrected chi connectivity index (χ3v) is 3.51. The van der Waals surface area contributed by atoms with Gasteiger partial charge in [-0.25, -0.2) is 4.79 Å². The lowest BCUT2D eigenvalue weighted by molar-refractivity contribution is -0.145. The van der Waals surface area contributed by atoms with Crippen LogP contribution in [0.15, 0.2) is 18.2 Å². The monoisotopic (exact) mass is 322 g/mol. The molecule has 1 rings (SSSR count). The number of nitrogens with zero attached hydrogens (tertiary/aromatic N) is 2. The number of carbonyl (C=O) groups is 2. The summed E-state index contributed by atoms with van der Waals surface area (Å²) < 4.78 is 10.1. The molecule has 0 bridgehead atoms. The van der Waals surface area contributed by atoms with Crippen molar-refractivity contribution in [2.24, 2.45) is 0 Å². The average Bonchev–Trinajstić information content (AvgIpc) is 2.56. The van der Waals surface area contributed by atoms with Gasteiger partial charge in [0.05, 0.1) is 12.8 Å². The highest BCUT2D eigenvalue weighted by Crippen LogP contribution is 2.26. The van der Waals surface area contributed by atoms with Gasteiger partial charge in [0, 0.05) is 38.8 Å². The van der Waals surface area contributed by atoms with Crippen molar-refractivity contribution in [2.75, 3.05) is 38.1 Å². The predicted molar refractivity (Wildman–Crippen MR) is 90.9 cm³/mol. The molecular weight excluding hydrogens is 296 g/mol. The van der Waals surface area contributed by atoms with Gasteiger partial charge in [-0.3, -0.25) is 9.69 Å². The number of unbranched alkanes of at least 4 members (excludes halogenated alkanes) is 1. The third-order valence-electron chi connectivity index (χ3n) is 3.51. The van der Waals surface area contributed by atoms with Crippen LogP contribution in [0.3, 0.4) is 0 Å². The first kappa shape index (κ1) is 18.8. The van der Waals surface area contributed by atoms with Gasteiger partial charge in [0.1, 0.15) is 6.61 Å². The van der Waals surface area contributed by atoms with Crippen LogP contribution >= 0.6 is 0 Å². The van der Waals surface area contributed by atoms with Crippen molar-refractivity contribution >= 4 is 23.4 Å². The standard InChI is InChI=1S/C17H26N2O4/c1-6-7-8-16(20)23-12-13-11-14(18(2)3)9-10-15(13)19(4)17(21)22-5/h9-11H,6-8,12H2,1-5H3. The van der Waals surface area contributed by atoms with E-state index in [-0.39, 0.29) is 12.6 Å². The predicted octanol–water partition coefficient (Wildman–Crippen LogP) is 3.19. The zero-order chi connectivity index (χ0) is 17.4. The second-order valence-electron chi connectivity index (χ2n) is 5.50. The van der Waals surface area contributed by atoms with Crippen LogP contribution in [0.4, 0.5) is 16.2 Å². The lowest BCUT2D eigenvalue weighted by Crippen LogP contribution is -2.27. The molecule has 0 aliphatic heterocycles. The summed E-state index contributed by atoms with van der Waals surface area (Å²) >= 11 is 0. The molecule has 6 heteroatoms. The molecular formula is C17H26N2O4. The summed E-state index contributed by atoms with van der Waals surface area (Å²) in [7, 11) is 6.81. The van der Waals surface area contributed by atoms with E-state index in [1.54, 1.807) is 7.05 Å². The number of benzene rings is 1.